The van der Waals surface area contributed by atoms with Crippen LogP contribution in [0.2, 0.25) is 0 Å². The number of benzene rings is 1. The van der Waals surface area contributed by atoms with Gasteiger partial charge in [-0.1, -0.05) is 19.1 Å². The molecule has 0 bridgehead atoms. The number of piperidine rings is 1. The largest absolute Gasteiger partial charge is 0.378 e. The molecule has 1 fully saturated rings. The van der Waals surface area contributed by atoms with E-state index in [9.17, 15) is 0 Å². The highest BCUT2D eigenvalue weighted by atomic mass is 15.2. The fourth-order valence-corrected chi connectivity index (χ4v) is 3.15. The number of hydrogen-bond donors (Lipinski definition) is 1. The number of nitrogens with zero attached hydrogens (tertiary/aromatic N) is 2. The highest BCUT2D eigenvalue weighted by Gasteiger charge is 2.23. The van der Waals surface area contributed by atoms with Gasteiger partial charge in [-0.2, -0.15) is 0 Å². The van der Waals surface area contributed by atoms with Gasteiger partial charge < -0.3 is 10.2 Å². The van der Waals surface area contributed by atoms with Crippen LogP contribution in [-0.4, -0.2) is 45.2 Å². The maximum absolute atomic E-state index is 3.49. The summed E-state index contributed by atoms with van der Waals surface area (Å²) in [7, 11) is 4.18. The Morgan fingerprint density at radius 1 is 1.19 bits per heavy atom. The van der Waals surface area contributed by atoms with Crippen LogP contribution in [-0.2, 0) is 0 Å². The Bertz CT molecular complexity index is 405. The van der Waals surface area contributed by atoms with Crippen LogP contribution in [0.5, 0.6) is 0 Å². The van der Waals surface area contributed by atoms with Gasteiger partial charge in [0.25, 0.3) is 0 Å². The maximum atomic E-state index is 3.49. The third-order valence-electron chi connectivity index (χ3n) is 4.77. The van der Waals surface area contributed by atoms with Crippen molar-refractivity contribution in [2.45, 2.75) is 32.7 Å². The number of likely N-dealkylation sites (tertiary alicyclic amines) is 1. The molecule has 0 spiro atoms. The molecule has 0 radical (unpaired) electrons. The van der Waals surface area contributed by atoms with Gasteiger partial charge in [0.2, 0.25) is 0 Å². The monoisotopic (exact) mass is 289 g/mol. The molecule has 118 valence electrons. The van der Waals surface area contributed by atoms with Crippen molar-refractivity contribution in [2.75, 3.05) is 45.2 Å². The average Bonchev–Trinajstić information content (AvgIpc) is 2.53. The topological polar surface area (TPSA) is 18.5 Å². The lowest BCUT2D eigenvalue weighted by atomic mass is 9.94. The first kappa shape index (κ1) is 16.3. The van der Waals surface area contributed by atoms with Gasteiger partial charge in [0.05, 0.1) is 0 Å². The van der Waals surface area contributed by atoms with E-state index in [-0.39, 0.29) is 0 Å². The zero-order valence-corrected chi connectivity index (χ0v) is 14.1. The van der Waals surface area contributed by atoms with E-state index in [4.69, 9.17) is 0 Å². The van der Waals surface area contributed by atoms with E-state index in [2.05, 4.69) is 67.3 Å². The predicted molar refractivity (Wildman–Crippen MR) is 92.0 cm³/mol. The number of nitrogens with one attached hydrogen (secondary N) is 1. The van der Waals surface area contributed by atoms with Crippen LogP contribution >= 0.6 is 0 Å². The first-order valence-corrected chi connectivity index (χ1v) is 8.34. The summed E-state index contributed by atoms with van der Waals surface area (Å²) in [4.78, 5) is 4.79. The number of anilines is 1. The van der Waals surface area contributed by atoms with Crippen LogP contribution in [0, 0.1) is 5.92 Å². The fourth-order valence-electron chi connectivity index (χ4n) is 3.15. The molecule has 0 saturated carbocycles. The van der Waals surface area contributed by atoms with Gasteiger partial charge in [-0.05, 0) is 69.6 Å². The molecule has 1 aromatic rings. The molecule has 2 rings (SSSR count). The van der Waals surface area contributed by atoms with Gasteiger partial charge >= 0.3 is 0 Å². The molecular formula is C18H31N3. The normalized spacial score (nSPS) is 18.7. The SMILES string of the molecule is CCNCC1CCN(C(C)c2ccc(N(C)C)cc2)CC1. The smallest absolute Gasteiger partial charge is 0.0361 e. The Balaban J connectivity index is 1.87. The molecule has 0 aromatic heterocycles. The Morgan fingerprint density at radius 3 is 2.33 bits per heavy atom. The third-order valence-corrected chi connectivity index (χ3v) is 4.77. The van der Waals surface area contributed by atoms with E-state index >= 15 is 0 Å². The van der Waals surface area contributed by atoms with Crippen molar-refractivity contribution in [1.29, 1.82) is 0 Å². The fraction of sp³-hybridized carbons (Fsp3) is 0.667. The second-order valence-corrected chi connectivity index (χ2v) is 6.45. The maximum Gasteiger partial charge on any atom is 0.0361 e. The number of rotatable bonds is 6. The minimum absolute atomic E-state index is 0.529. The van der Waals surface area contributed by atoms with Crippen molar-refractivity contribution in [2.24, 2.45) is 5.92 Å². The quantitative estimate of drug-likeness (QED) is 0.868. The summed E-state index contributed by atoms with van der Waals surface area (Å²) < 4.78 is 0. The highest BCUT2D eigenvalue weighted by Crippen LogP contribution is 2.27. The summed E-state index contributed by atoms with van der Waals surface area (Å²) in [6, 6.07) is 9.55. The molecule has 1 aliphatic rings. The van der Waals surface area contributed by atoms with Crippen LogP contribution < -0.4 is 10.2 Å². The average molecular weight is 289 g/mol. The molecule has 1 N–H and O–H groups in total. The van der Waals surface area contributed by atoms with E-state index in [0.29, 0.717) is 6.04 Å². The van der Waals surface area contributed by atoms with E-state index in [1.54, 1.807) is 0 Å². The van der Waals surface area contributed by atoms with Crippen LogP contribution in [0.1, 0.15) is 38.3 Å². The lowest BCUT2D eigenvalue weighted by Gasteiger charge is -2.36. The minimum atomic E-state index is 0.529. The molecule has 21 heavy (non-hydrogen) atoms. The summed E-state index contributed by atoms with van der Waals surface area (Å²) in [5.41, 5.74) is 2.71. The summed E-state index contributed by atoms with van der Waals surface area (Å²) in [6.07, 6.45) is 2.65. The summed E-state index contributed by atoms with van der Waals surface area (Å²) in [5, 5.41) is 3.49. The summed E-state index contributed by atoms with van der Waals surface area (Å²) >= 11 is 0. The third kappa shape index (κ3) is 4.45. The van der Waals surface area contributed by atoms with Crippen LogP contribution in [0.4, 0.5) is 5.69 Å². The molecule has 1 saturated heterocycles. The second kappa shape index (κ2) is 7.81. The molecule has 0 aliphatic carbocycles. The molecule has 1 aromatic carbocycles. The Labute approximate surface area is 130 Å². The van der Waals surface area contributed by atoms with Crippen molar-refractivity contribution in [3.8, 4) is 0 Å². The highest BCUT2D eigenvalue weighted by molar-refractivity contribution is 5.46. The zero-order valence-electron chi connectivity index (χ0n) is 14.1. The molecule has 1 unspecified atom stereocenters. The summed E-state index contributed by atoms with van der Waals surface area (Å²) in [5.74, 6) is 0.865. The van der Waals surface area contributed by atoms with Gasteiger partial charge in [-0.15, -0.1) is 0 Å². The van der Waals surface area contributed by atoms with Crippen LogP contribution in [0.3, 0.4) is 0 Å². The van der Waals surface area contributed by atoms with Crippen LogP contribution in [0.25, 0.3) is 0 Å². The first-order valence-electron chi connectivity index (χ1n) is 8.34. The van der Waals surface area contributed by atoms with Gasteiger partial charge in [-0.3, -0.25) is 4.90 Å². The molecule has 3 heteroatoms. The summed E-state index contributed by atoms with van der Waals surface area (Å²) in [6.45, 7) is 9.27. The van der Waals surface area contributed by atoms with Crippen molar-refractivity contribution in [3.63, 3.8) is 0 Å². The van der Waals surface area contributed by atoms with E-state index in [1.807, 2.05) is 0 Å². The lowest BCUT2D eigenvalue weighted by molar-refractivity contribution is 0.140. The zero-order chi connectivity index (χ0) is 15.2. The van der Waals surface area contributed by atoms with Gasteiger partial charge in [-0.25, -0.2) is 0 Å². The van der Waals surface area contributed by atoms with Crippen molar-refractivity contribution >= 4 is 5.69 Å². The lowest BCUT2D eigenvalue weighted by Crippen LogP contribution is -2.38. The van der Waals surface area contributed by atoms with Crippen molar-refractivity contribution in [1.82, 2.24) is 10.2 Å². The first-order chi connectivity index (χ1) is 10.1. The van der Waals surface area contributed by atoms with Gasteiger partial charge in [0.1, 0.15) is 0 Å². The van der Waals surface area contributed by atoms with E-state index in [1.165, 1.54) is 43.7 Å². The Hall–Kier alpha value is -1.06. The van der Waals surface area contributed by atoms with Crippen molar-refractivity contribution in [3.05, 3.63) is 29.8 Å². The Kier molecular flexibility index (Phi) is 6.07. The molecule has 0 amide bonds. The van der Waals surface area contributed by atoms with Crippen molar-refractivity contribution < 1.29 is 0 Å². The van der Waals surface area contributed by atoms with Gasteiger partial charge in [0.15, 0.2) is 0 Å². The molecule has 3 nitrogen and oxygen atoms in total. The molecule has 1 heterocycles. The molecule has 1 aliphatic heterocycles. The van der Waals surface area contributed by atoms with Gasteiger partial charge in [0, 0.05) is 25.8 Å². The predicted octanol–water partition coefficient (Wildman–Crippen LogP) is 3.14. The molecule has 1 atom stereocenters. The van der Waals surface area contributed by atoms with E-state index in [0.717, 1.165) is 12.5 Å². The standard InChI is InChI=1S/C18H31N3/c1-5-19-14-16-10-12-21(13-11-16)15(2)17-6-8-18(9-7-17)20(3)4/h6-9,15-16,19H,5,10-14H2,1-4H3. The number of hydrogen-bond acceptors (Lipinski definition) is 3. The molecular weight excluding hydrogens is 258 g/mol. The van der Waals surface area contributed by atoms with E-state index < -0.39 is 0 Å². The second-order valence-electron chi connectivity index (χ2n) is 6.45. The Morgan fingerprint density at radius 2 is 1.81 bits per heavy atom. The van der Waals surface area contributed by atoms with Crippen LogP contribution in [0.15, 0.2) is 24.3 Å². The minimum Gasteiger partial charge on any atom is -0.378 e.